The summed E-state index contributed by atoms with van der Waals surface area (Å²) >= 11 is 5.64. The number of ether oxygens (including phenoxy) is 1. The molecule has 0 bridgehead atoms. The Morgan fingerprint density at radius 1 is 1.19 bits per heavy atom. The van der Waals surface area contributed by atoms with Crippen LogP contribution in [0.2, 0.25) is 5.02 Å². The van der Waals surface area contributed by atoms with E-state index in [4.69, 9.17) is 16.3 Å². The Kier molecular flexibility index (Phi) is 6.01. The van der Waals surface area contributed by atoms with Gasteiger partial charge in [0.05, 0.1) is 10.6 Å². The Labute approximate surface area is 154 Å². The fourth-order valence-corrected chi connectivity index (χ4v) is 2.13. The van der Waals surface area contributed by atoms with Crippen molar-refractivity contribution in [3.8, 4) is 0 Å². The summed E-state index contributed by atoms with van der Waals surface area (Å²) in [6.45, 7) is 1.10. The molecule has 1 N–H and O–H groups in total. The maximum Gasteiger partial charge on any atom is 0.345 e. The highest BCUT2D eigenvalue weighted by molar-refractivity contribution is 6.31. The Morgan fingerprint density at radius 3 is 2.48 bits per heavy atom. The lowest BCUT2D eigenvalue weighted by atomic mass is 10.2. The van der Waals surface area contributed by atoms with Gasteiger partial charge in [0, 0.05) is 11.1 Å². The molecule has 0 saturated heterocycles. The lowest BCUT2D eigenvalue weighted by Crippen LogP contribution is -2.30. The van der Waals surface area contributed by atoms with E-state index in [2.05, 4.69) is 0 Å². The van der Waals surface area contributed by atoms with Gasteiger partial charge in [0.25, 0.3) is 11.6 Å². The van der Waals surface area contributed by atoms with Crippen LogP contribution in [0.1, 0.15) is 17.3 Å². The minimum absolute atomic E-state index is 0.0119. The number of nitro groups is 1. The number of hydrogen-bond acceptors (Lipinski definition) is 5. The number of benzene rings is 2. The predicted octanol–water partition coefficient (Wildman–Crippen LogP) is 3.85. The molecular weight excluding hydrogens is 393 g/mol. The largest absolute Gasteiger partial charge is 0.449 e. The number of esters is 1. The van der Waals surface area contributed by atoms with Crippen molar-refractivity contribution in [2.24, 2.45) is 0 Å². The first-order valence-electron chi connectivity index (χ1n) is 7.21. The van der Waals surface area contributed by atoms with E-state index in [1.165, 1.54) is 6.07 Å². The molecule has 2 aromatic rings. The van der Waals surface area contributed by atoms with Gasteiger partial charge in [-0.1, -0.05) is 11.6 Å². The van der Waals surface area contributed by atoms with Crippen LogP contribution in [0.15, 0.2) is 30.3 Å². The summed E-state index contributed by atoms with van der Waals surface area (Å²) < 4.78 is 44.4. The lowest BCUT2D eigenvalue weighted by Gasteiger charge is -2.14. The fourth-order valence-electron chi connectivity index (χ4n) is 1.96. The van der Waals surface area contributed by atoms with Crippen molar-refractivity contribution in [2.45, 2.75) is 13.0 Å². The zero-order chi connectivity index (χ0) is 20.3. The minimum Gasteiger partial charge on any atom is -0.449 e. The van der Waals surface area contributed by atoms with Crippen LogP contribution in [0.25, 0.3) is 0 Å². The molecule has 0 saturated carbocycles. The third-order valence-electron chi connectivity index (χ3n) is 3.32. The normalized spacial score (nSPS) is 11.6. The lowest BCUT2D eigenvalue weighted by molar-refractivity contribution is -0.385. The third kappa shape index (κ3) is 4.53. The molecule has 0 spiro atoms. The van der Waals surface area contributed by atoms with Crippen LogP contribution in [-0.4, -0.2) is 22.9 Å². The van der Waals surface area contributed by atoms with Crippen LogP contribution in [0.5, 0.6) is 0 Å². The highest BCUT2D eigenvalue weighted by Crippen LogP contribution is 2.25. The molecule has 0 aromatic heterocycles. The SMILES string of the molecule is CC(OC(=O)c1ccc(Cl)cc1[N+](=O)[O-])C(=O)Nc1ccc(F)c(F)c1F. The molecule has 0 aliphatic carbocycles. The maximum absolute atomic E-state index is 13.6. The molecule has 2 rings (SSSR count). The third-order valence-corrected chi connectivity index (χ3v) is 3.56. The van der Waals surface area contributed by atoms with Gasteiger partial charge in [0.2, 0.25) is 0 Å². The Morgan fingerprint density at radius 2 is 1.85 bits per heavy atom. The highest BCUT2D eigenvalue weighted by Gasteiger charge is 2.26. The van der Waals surface area contributed by atoms with E-state index in [1.54, 1.807) is 0 Å². The van der Waals surface area contributed by atoms with Gasteiger partial charge in [-0.3, -0.25) is 14.9 Å². The molecule has 1 unspecified atom stereocenters. The summed E-state index contributed by atoms with van der Waals surface area (Å²) in [5.41, 5.74) is -1.76. The Balaban J connectivity index is 2.14. The predicted molar refractivity (Wildman–Crippen MR) is 87.9 cm³/mol. The second kappa shape index (κ2) is 8.04. The quantitative estimate of drug-likeness (QED) is 0.354. The number of halogens is 4. The molecule has 1 amide bonds. The second-order valence-corrected chi connectivity index (χ2v) is 5.61. The fraction of sp³-hybridized carbons (Fsp3) is 0.125. The molecule has 27 heavy (non-hydrogen) atoms. The van der Waals surface area contributed by atoms with Gasteiger partial charge in [0.15, 0.2) is 23.6 Å². The van der Waals surface area contributed by atoms with Gasteiger partial charge in [-0.05, 0) is 31.2 Å². The van der Waals surface area contributed by atoms with Crippen LogP contribution in [0.3, 0.4) is 0 Å². The van der Waals surface area contributed by atoms with Gasteiger partial charge in [0.1, 0.15) is 5.56 Å². The van der Waals surface area contributed by atoms with E-state index < -0.39 is 57.3 Å². The minimum atomic E-state index is -1.78. The van der Waals surface area contributed by atoms with Gasteiger partial charge in [-0.15, -0.1) is 0 Å². The molecule has 0 fully saturated rings. The van der Waals surface area contributed by atoms with E-state index in [1.807, 2.05) is 5.32 Å². The molecule has 0 aliphatic rings. The molecule has 0 radical (unpaired) electrons. The summed E-state index contributed by atoms with van der Waals surface area (Å²) in [5, 5.41) is 12.9. The van der Waals surface area contributed by atoms with Crippen molar-refractivity contribution in [1.29, 1.82) is 0 Å². The van der Waals surface area contributed by atoms with Crippen molar-refractivity contribution < 1.29 is 32.4 Å². The van der Waals surface area contributed by atoms with Crippen molar-refractivity contribution in [3.05, 3.63) is 68.5 Å². The monoisotopic (exact) mass is 402 g/mol. The number of anilines is 1. The van der Waals surface area contributed by atoms with Gasteiger partial charge in [-0.25, -0.2) is 18.0 Å². The summed E-state index contributed by atoms with van der Waals surface area (Å²) in [4.78, 5) is 34.2. The van der Waals surface area contributed by atoms with Crippen LogP contribution >= 0.6 is 11.6 Å². The van der Waals surface area contributed by atoms with Gasteiger partial charge < -0.3 is 10.1 Å². The van der Waals surface area contributed by atoms with E-state index >= 15 is 0 Å². The second-order valence-electron chi connectivity index (χ2n) is 5.18. The van der Waals surface area contributed by atoms with Gasteiger partial charge in [-0.2, -0.15) is 0 Å². The molecule has 11 heteroatoms. The Bertz CT molecular complexity index is 939. The van der Waals surface area contributed by atoms with E-state index in [-0.39, 0.29) is 5.02 Å². The summed E-state index contributed by atoms with van der Waals surface area (Å²) in [6.07, 6.45) is -1.53. The molecule has 7 nitrogen and oxygen atoms in total. The summed E-state index contributed by atoms with van der Waals surface area (Å²) in [5.74, 6) is -7.12. The standard InChI is InChI=1S/C16H10ClF3N2O5/c1-7(15(23)21-11-5-4-10(18)13(19)14(11)20)27-16(24)9-3-2-8(17)6-12(9)22(25)26/h2-7H,1H3,(H,21,23). The number of nitro benzene ring substituents is 1. The molecule has 1 atom stereocenters. The van der Waals surface area contributed by atoms with E-state index in [9.17, 15) is 32.9 Å². The Hall–Kier alpha value is -3.14. The average molecular weight is 403 g/mol. The maximum atomic E-state index is 13.6. The number of carbonyl (C=O) groups is 2. The van der Waals surface area contributed by atoms with Crippen molar-refractivity contribution in [1.82, 2.24) is 0 Å². The van der Waals surface area contributed by atoms with Crippen LogP contribution < -0.4 is 5.32 Å². The number of rotatable bonds is 5. The average Bonchev–Trinajstić information content (AvgIpc) is 2.61. The molecular formula is C16H10ClF3N2O5. The number of nitrogens with zero attached hydrogens (tertiary/aromatic N) is 1. The van der Waals surface area contributed by atoms with Gasteiger partial charge >= 0.3 is 5.97 Å². The van der Waals surface area contributed by atoms with E-state index in [0.29, 0.717) is 6.07 Å². The van der Waals surface area contributed by atoms with E-state index in [0.717, 1.165) is 25.1 Å². The molecule has 0 heterocycles. The van der Waals surface area contributed by atoms with Crippen LogP contribution in [-0.2, 0) is 9.53 Å². The zero-order valence-corrected chi connectivity index (χ0v) is 14.2. The number of nitrogens with one attached hydrogen (secondary N) is 1. The van der Waals surface area contributed by atoms with Crippen molar-refractivity contribution in [3.63, 3.8) is 0 Å². The van der Waals surface area contributed by atoms with Crippen LogP contribution in [0, 0.1) is 27.6 Å². The first kappa shape index (κ1) is 20.2. The number of carbonyl (C=O) groups excluding carboxylic acids is 2. The smallest absolute Gasteiger partial charge is 0.345 e. The van der Waals surface area contributed by atoms with Crippen molar-refractivity contribution >= 4 is 34.9 Å². The first-order chi connectivity index (χ1) is 12.6. The molecule has 2 aromatic carbocycles. The van der Waals surface area contributed by atoms with Crippen LogP contribution in [0.4, 0.5) is 24.5 Å². The number of amides is 1. The molecule has 0 aliphatic heterocycles. The molecule has 142 valence electrons. The zero-order valence-electron chi connectivity index (χ0n) is 13.5. The highest BCUT2D eigenvalue weighted by atomic mass is 35.5. The number of hydrogen-bond donors (Lipinski definition) is 1. The van der Waals surface area contributed by atoms with Crippen molar-refractivity contribution in [2.75, 3.05) is 5.32 Å². The first-order valence-corrected chi connectivity index (χ1v) is 7.59. The summed E-state index contributed by atoms with van der Waals surface area (Å²) in [7, 11) is 0. The summed E-state index contributed by atoms with van der Waals surface area (Å²) in [6, 6.07) is 4.57. The topological polar surface area (TPSA) is 98.5 Å².